The fourth-order valence-electron chi connectivity index (χ4n) is 2.52. The number of benzene rings is 2. The molecule has 0 saturated heterocycles. The third kappa shape index (κ3) is 5.74. The van der Waals surface area contributed by atoms with E-state index in [1.807, 2.05) is 6.26 Å². The fraction of sp³-hybridized carbons (Fsp3) is 0.300. The Morgan fingerprint density at radius 1 is 1.00 bits per heavy atom. The average molecular weight is 438 g/mol. The van der Waals surface area contributed by atoms with Crippen molar-refractivity contribution in [3.8, 4) is 0 Å². The summed E-state index contributed by atoms with van der Waals surface area (Å²) in [5.74, 6) is -1.27. The van der Waals surface area contributed by atoms with Crippen molar-refractivity contribution in [3.63, 3.8) is 0 Å². The number of carbonyl (C=O) groups excluding carboxylic acids is 2. The molecule has 2 aromatic rings. The Kier molecular flexibility index (Phi) is 8.10. The first-order valence-electron chi connectivity index (χ1n) is 8.93. The maximum absolute atomic E-state index is 13.3. The molecule has 0 amide bonds. The van der Waals surface area contributed by atoms with Crippen LogP contribution >= 0.6 is 11.8 Å². The molecular formula is C20H23NO6S2. The Balaban J connectivity index is 2.50. The molecule has 0 heterocycles. The first-order valence-corrected chi connectivity index (χ1v) is 11.6. The second kappa shape index (κ2) is 10.3. The molecule has 0 atom stereocenters. The van der Waals surface area contributed by atoms with Crippen LogP contribution in [0.25, 0.3) is 0 Å². The molecule has 0 saturated carbocycles. The van der Waals surface area contributed by atoms with E-state index in [-0.39, 0.29) is 29.4 Å². The smallest absolute Gasteiger partial charge is 0.338 e. The first kappa shape index (κ1) is 22.8. The van der Waals surface area contributed by atoms with Crippen molar-refractivity contribution in [3.05, 3.63) is 54.1 Å². The van der Waals surface area contributed by atoms with E-state index in [4.69, 9.17) is 9.47 Å². The molecular weight excluding hydrogens is 414 g/mol. The van der Waals surface area contributed by atoms with Gasteiger partial charge in [-0.25, -0.2) is 13.2 Å². The number of hydrogen-bond donors (Lipinski definition) is 0. The molecule has 0 spiro atoms. The molecule has 0 radical (unpaired) electrons. The summed E-state index contributed by atoms with van der Waals surface area (Å²) in [6.07, 6.45) is 1.89. The highest BCUT2D eigenvalue weighted by molar-refractivity contribution is 7.98. The molecule has 0 aliphatic heterocycles. The van der Waals surface area contributed by atoms with Crippen molar-refractivity contribution in [1.29, 1.82) is 0 Å². The van der Waals surface area contributed by atoms with Crippen LogP contribution < -0.4 is 4.31 Å². The van der Waals surface area contributed by atoms with Crippen molar-refractivity contribution in [1.82, 2.24) is 0 Å². The summed E-state index contributed by atoms with van der Waals surface area (Å²) in [6, 6.07) is 12.3. The van der Waals surface area contributed by atoms with Crippen LogP contribution in [0, 0.1) is 0 Å². The number of carbonyl (C=O) groups is 2. The lowest BCUT2D eigenvalue weighted by Crippen LogP contribution is -2.36. The zero-order chi connectivity index (χ0) is 21.4. The predicted molar refractivity (Wildman–Crippen MR) is 112 cm³/mol. The summed E-state index contributed by atoms with van der Waals surface area (Å²) >= 11 is 1.49. The number of hydrogen-bond acceptors (Lipinski definition) is 7. The molecule has 0 unspecified atom stereocenters. The minimum atomic E-state index is -4.08. The Morgan fingerprint density at radius 2 is 1.66 bits per heavy atom. The van der Waals surface area contributed by atoms with Crippen LogP contribution in [0.1, 0.15) is 24.2 Å². The zero-order valence-electron chi connectivity index (χ0n) is 16.5. The van der Waals surface area contributed by atoms with E-state index >= 15 is 0 Å². The Labute approximate surface area is 175 Å². The van der Waals surface area contributed by atoms with Gasteiger partial charge >= 0.3 is 11.9 Å². The van der Waals surface area contributed by atoms with Crippen LogP contribution in [0.5, 0.6) is 0 Å². The Hall–Kier alpha value is -2.52. The maximum atomic E-state index is 13.3. The van der Waals surface area contributed by atoms with Gasteiger partial charge in [0.2, 0.25) is 0 Å². The van der Waals surface area contributed by atoms with E-state index < -0.39 is 28.5 Å². The van der Waals surface area contributed by atoms with Gasteiger partial charge in [-0.2, -0.15) is 0 Å². The number of thioether (sulfide) groups is 1. The molecule has 0 N–H and O–H groups in total. The summed E-state index contributed by atoms with van der Waals surface area (Å²) in [5.41, 5.74) is 0.351. The molecule has 0 aliphatic rings. The van der Waals surface area contributed by atoms with Gasteiger partial charge in [0.15, 0.2) is 0 Å². The average Bonchev–Trinajstić information content (AvgIpc) is 2.72. The van der Waals surface area contributed by atoms with E-state index in [2.05, 4.69) is 0 Å². The number of rotatable bonds is 9. The normalized spacial score (nSPS) is 11.0. The van der Waals surface area contributed by atoms with Gasteiger partial charge in [0.05, 0.1) is 29.4 Å². The van der Waals surface area contributed by atoms with E-state index in [9.17, 15) is 18.0 Å². The third-order valence-corrected chi connectivity index (χ3v) is 6.40. The largest absolute Gasteiger partial charge is 0.465 e. The van der Waals surface area contributed by atoms with Crippen LogP contribution in [0.3, 0.4) is 0 Å². The number of esters is 2. The van der Waals surface area contributed by atoms with Gasteiger partial charge in [-0.05, 0) is 62.6 Å². The zero-order valence-corrected chi connectivity index (χ0v) is 18.1. The van der Waals surface area contributed by atoms with Crippen molar-refractivity contribution < 1.29 is 27.5 Å². The van der Waals surface area contributed by atoms with Gasteiger partial charge in [-0.3, -0.25) is 9.10 Å². The highest BCUT2D eigenvalue weighted by Crippen LogP contribution is 2.26. The summed E-state index contributed by atoms with van der Waals surface area (Å²) in [4.78, 5) is 25.1. The lowest BCUT2D eigenvalue weighted by Gasteiger charge is -2.24. The number of sulfonamides is 1. The van der Waals surface area contributed by atoms with E-state index in [1.54, 1.807) is 26.0 Å². The quantitative estimate of drug-likeness (QED) is 0.439. The first-order chi connectivity index (χ1) is 13.8. The Bertz CT molecular complexity index is 957. The highest BCUT2D eigenvalue weighted by atomic mass is 32.2. The third-order valence-electron chi connectivity index (χ3n) is 3.87. The minimum Gasteiger partial charge on any atom is -0.465 e. The molecule has 156 valence electrons. The van der Waals surface area contributed by atoms with Gasteiger partial charge < -0.3 is 9.47 Å². The van der Waals surface area contributed by atoms with E-state index in [1.165, 1.54) is 48.2 Å². The standard InChI is InChI=1S/C20H23NO6S2/c1-4-26-19(22)14-21(16-8-6-7-15(13-16)20(23)27-5-2)29(24,25)18-11-9-17(28-3)10-12-18/h6-13H,4-5,14H2,1-3H3. The van der Waals surface area contributed by atoms with E-state index in [0.717, 1.165) is 9.20 Å². The van der Waals surface area contributed by atoms with Crippen molar-refractivity contribution >= 4 is 39.4 Å². The van der Waals surface area contributed by atoms with E-state index in [0.29, 0.717) is 0 Å². The minimum absolute atomic E-state index is 0.0288. The summed E-state index contributed by atoms with van der Waals surface area (Å²) in [6.45, 7) is 3.11. The number of nitrogens with zero attached hydrogens (tertiary/aromatic N) is 1. The summed E-state index contributed by atoms with van der Waals surface area (Å²) in [5, 5.41) is 0. The summed E-state index contributed by atoms with van der Waals surface area (Å²) < 4.78 is 37.4. The lowest BCUT2D eigenvalue weighted by molar-refractivity contribution is -0.141. The Morgan fingerprint density at radius 3 is 2.24 bits per heavy atom. The molecule has 0 aromatic heterocycles. The molecule has 29 heavy (non-hydrogen) atoms. The fourth-order valence-corrected chi connectivity index (χ4v) is 4.33. The second-order valence-corrected chi connectivity index (χ2v) is 8.50. The van der Waals surface area contributed by atoms with Gasteiger partial charge in [0.1, 0.15) is 6.54 Å². The molecule has 2 rings (SSSR count). The van der Waals surface area contributed by atoms with Crippen LogP contribution in [0.2, 0.25) is 0 Å². The monoisotopic (exact) mass is 437 g/mol. The number of ether oxygens (including phenoxy) is 2. The van der Waals surface area contributed by atoms with Gasteiger partial charge in [0, 0.05) is 4.90 Å². The lowest BCUT2D eigenvalue weighted by atomic mass is 10.2. The van der Waals surface area contributed by atoms with Gasteiger partial charge in [-0.1, -0.05) is 6.07 Å². The van der Waals surface area contributed by atoms with Crippen molar-refractivity contribution in [2.24, 2.45) is 0 Å². The van der Waals surface area contributed by atoms with Crippen LogP contribution in [0.15, 0.2) is 58.3 Å². The number of anilines is 1. The van der Waals surface area contributed by atoms with Crippen molar-refractivity contribution in [2.75, 3.05) is 30.3 Å². The predicted octanol–water partition coefficient (Wildman–Crippen LogP) is 3.34. The molecule has 0 aliphatic carbocycles. The molecule has 2 aromatic carbocycles. The second-order valence-electron chi connectivity index (χ2n) is 5.76. The van der Waals surface area contributed by atoms with Crippen LogP contribution in [-0.4, -0.2) is 46.4 Å². The van der Waals surface area contributed by atoms with Crippen LogP contribution in [0.4, 0.5) is 5.69 Å². The molecule has 7 nitrogen and oxygen atoms in total. The molecule has 9 heteroatoms. The molecule has 0 fully saturated rings. The highest BCUT2D eigenvalue weighted by Gasteiger charge is 2.28. The summed E-state index contributed by atoms with van der Waals surface area (Å²) in [7, 11) is -4.08. The van der Waals surface area contributed by atoms with Gasteiger partial charge in [-0.15, -0.1) is 11.8 Å². The van der Waals surface area contributed by atoms with Gasteiger partial charge in [0.25, 0.3) is 10.0 Å². The maximum Gasteiger partial charge on any atom is 0.338 e. The van der Waals surface area contributed by atoms with Crippen molar-refractivity contribution in [2.45, 2.75) is 23.6 Å². The van der Waals surface area contributed by atoms with Crippen LogP contribution in [-0.2, 0) is 24.3 Å². The topological polar surface area (TPSA) is 90.0 Å². The SMILES string of the molecule is CCOC(=O)CN(c1cccc(C(=O)OCC)c1)S(=O)(=O)c1ccc(SC)cc1. The molecule has 0 bridgehead atoms.